The zero-order chi connectivity index (χ0) is 28.8. The largest absolute Gasteiger partial charge is 0.369 e. The number of carbonyl (C=O) groups is 1. The lowest BCUT2D eigenvalue weighted by molar-refractivity contribution is 0.262. The minimum absolute atomic E-state index is 0.326. The highest BCUT2D eigenvalue weighted by atomic mass is 16.2. The summed E-state index contributed by atoms with van der Waals surface area (Å²) in [7, 11) is 0. The van der Waals surface area contributed by atoms with Gasteiger partial charge in [-0.3, -0.25) is 0 Å². The van der Waals surface area contributed by atoms with Gasteiger partial charge in [0.2, 0.25) is 0 Å². The second-order valence-corrected chi connectivity index (χ2v) is 10.8. The number of benzene rings is 3. The van der Waals surface area contributed by atoms with Crippen molar-refractivity contribution < 1.29 is 4.79 Å². The Kier molecular flexibility index (Phi) is 8.38. The normalized spacial score (nSPS) is 11.2. The number of tetrazole rings is 1. The minimum Gasteiger partial charge on any atom is -0.369 e. The molecule has 0 saturated carbocycles. The van der Waals surface area contributed by atoms with E-state index in [1.54, 1.807) is 12.5 Å². The van der Waals surface area contributed by atoms with Crippen LogP contribution in [0.3, 0.4) is 0 Å². The molecular formula is C31H35N9O. The van der Waals surface area contributed by atoms with Crippen molar-refractivity contribution in [3.8, 4) is 28.2 Å². The first-order valence-corrected chi connectivity index (χ1v) is 13.8. The fourth-order valence-electron chi connectivity index (χ4n) is 4.89. The fourth-order valence-corrected chi connectivity index (χ4v) is 4.89. The predicted molar refractivity (Wildman–Crippen MR) is 163 cm³/mol. The molecular weight excluding hydrogens is 514 g/mol. The number of imidazole rings is 1. The van der Waals surface area contributed by atoms with Gasteiger partial charge in [-0.15, -0.1) is 5.10 Å². The second kappa shape index (κ2) is 12.5. The SMILES string of the molecule is CC(C)CN(CC(C)C)c1ccc(-c2ccccc2-c2nnn[nH]2)cc1NC(=O)Nc1cccc(-n2ccnc2)c1. The number of hydrogen-bond donors (Lipinski definition) is 3. The first-order valence-electron chi connectivity index (χ1n) is 13.8. The summed E-state index contributed by atoms with van der Waals surface area (Å²) in [5, 5.41) is 20.6. The average molecular weight is 550 g/mol. The van der Waals surface area contributed by atoms with Gasteiger partial charge < -0.3 is 20.1 Å². The third-order valence-electron chi connectivity index (χ3n) is 6.50. The molecule has 5 rings (SSSR count). The molecule has 2 heterocycles. The molecule has 41 heavy (non-hydrogen) atoms. The summed E-state index contributed by atoms with van der Waals surface area (Å²) in [5.74, 6) is 1.47. The van der Waals surface area contributed by atoms with Crippen LogP contribution in [0.1, 0.15) is 27.7 Å². The summed E-state index contributed by atoms with van der Waals surface area (Å²) >= 11 is 0. The van der Waals surface area contributed by atoms with Crippen LogP contribution < -0.4 is 15.5 Å². The van der Waals surface area contributed by atoms with Gasteiger partial charge in [-0.1, -0.05) is 64.1 Å². The first kappa shape index (κ1) is 27.6. The Morgan fingerprint density at radius 3 is 2.39 bits per heavy atom. The molecule has 0 fully saturated rings. The first-order chi connectivity index (χ1) is 19.9. The van der Waals surface area contributed by atoms with E-state index in [1.165, 1.54) is 0 Å². The molecule has 0 spiro atoms. The summed E-state index contributed by atoms with van der Waals surface area (Å²) in [6.45, 7) is 10.5. The monoisotopic (exact) mass is 549 g/mol. The molecule has 3 N–H and O–H groups in total. The van der Waals surface area contributed by atoms with Crippen molar-refractivity contribution in [2.24, 2.45) is 11.8 Å². The van der Waals surface area contributed by atoms with Crippen LogP contribution in [0, 0.1) is 11.8 Å². The molecule has 0 aliphatic heterocycles. The van der Waals surface area contributed by atoms with Gasteiger partial charge in [0.1, 0.15) is 0 Å². The van der Waals surface area contributed by atoms with Crippen molar-refractivity contribution in [2.75, 3.05) is 28.6 Å². The van der Waals surface area contributed by atoms with Gasteiger partial charge >= 0.3 is 6.03 Å². The van der Waals surface area contributed by atoms with E-state index in [0.717, 1.165) is 46.8 Å². The molecule has 5 aromatic rings. The van der Waals surface area contributed by atoms with E-state index in [9.17, 15) is 4.79 Å². The quantitative estimate of drug-likeness (QED) is 0.184. The van der Waals surface area contributed by atoms with E-state index in [1.807, 2.05) is 65.4 Å². The minimum atomic E-state index is -0.326. The molecule has 210 valence electrons. The van der Waals surface area contributed by atoms with Crippen LogP contribution in [0.5, 0.6) is 0 Å². The molecule has 2 amide bonds. The van der Waals surface area contributed by atoms with Crippen LogP contribution in [0.25, 0.3) is 28.2 Å². The van der Waals surface area contributed by atoms with Crippen molar-refractivity contribution in [3.63, 3.8) is 0 Å². The molecule has 10 nitrogen and oxygen atoms in total. The number of aromatic nitrogens is 6. The summed E-state index contributed by atoms with van der Waals surface area (Å²) in [6, 6.07) is 21.4. The van der Waals surface area contributed by atoms with E-state index in [-0.39, 0.29) is 6.03 Å². The van der Waals surface area contributed by atoms with Gasteiger partial charge in [0.05, 0.1) is 17.7 Å². The number of urea groups is 1. The Morgan fingerprint density at radius 1 is 0.927 bits per heavy atom. The highest BCUT2D eigenvalue weighted by molar-refractivity contribution is 6.03. The molecule has 0 radical (unpaired) electrons. The number of hydrogen-bond acceptors (Lipinski definition) is 6. The number of nitrogens with one attached hydrogen (secondary N) is 3. The lowest BCUT2D eigenvalue weighted by atomic mass is 9.97. The zero-order valence-corrected chi connectivity index (χ0v) is 23.7. The molecule has 10 heteroatoms. The highest BCUT2D eigenvalue weighted by Crippen LogP contribution is 2.36. The Hall–Kier alpha value is -4.99. The molecule has 0 saturated heterocycles. The number of nitrogens with zero attached hydrogens (tertiary/aromatic N) is 6. The standard InChI is InChI=1S/C31H35N9O/c1-21(2)18-40(19-22(3)4)29-13-12-23(26-10-5-6-11-27(26)30-35-37-38-36-30)16-28(29)34-31(41)33-24-8-7-9-25(17-24)39-15-14-32-20-39/h5-17,20-22H,18-19H2,1-4H3,(H2,33,34,41)(H,35,36,37,38). The Morgan fingerprint density at radius 2 is 1.71 bits per heavy atom. The predicted octanol–water partition coefficient (Wildman–Crippen LogP) is 6.48. The Bertz CT molecular complexity index is 1570. The van der Waals surface area contributed by atoms with E-state index >= 15 is 0 Å². The topological polar surface area (TPSA) is 117 Å². The molecule has 2 aromatic heterocycles. The van der Waals surface area contributed by atoms with Crippen molar-refractivity contribution >= 4 is 23.1 Å². The zero-order valence-electron chi connectivity index (χ0n) is 23.7. The molecule has 0 atom stereocenters. The number of aromatic amines is 1. The van der Waals surface area contributed by atoms with E-state index < -0.39 is 0 Å². The number of anilines is 3. The average Bonchev–Trinajstić information content (AvgIpc) is 3.68. The van der Waals surface area contributed by atoms with Crippen LogP contribution in [-0.2, 0) is 0 Å². The maximum atomic E-state index is 13.4. The molecule has 3 aromatic carbocycles. The fraction of sp³-hybridized carbons (Fsp3) is 0.258. The van der Waals surface area contributed by atoms with Gasteiger partial charge in [-0.25, -0.2) is 14.9 Å². The van der Waals surface area contributed by atoms with Crippen molar-refractivity contribution in [1.29, 1.82) is 0 Å². The molecule has 0 aliphatic carbocycles. The van der Waals surface area contributed by atoms with E-state index in [2.05, 4.69) is 81.0 Å². The van der Waals surface area contributed by atoms with Crippen LogP contribution >= 0.6 is 0 Å². The third kappa shape index (κ3) is 6.78. The maximum absolute atomic E-state index is 13.4. The highest BCUT2D eigenvalue weighted by Gasteiger charge is 2.19. The molecule has 0 unspecified atom stereocenters. The van der Waals surface area contributed by atoms with Crippen LogP contribution in [0.2, 0.25) is 0 Å². The van der Waals surface area contributed by atoms with Crippen molar-refractivity contribution in [1.82, 2.24) is 30.2 Å². The summed E-state index contributed by atoms with van der Waals surface area (Å²) in [5.41, 5.74) is 6.03. The van der Waals surface area contributed by atoms with Gasteiger partial charge in [0, 0.05) is 42.4 Å². The number of H-pyrrole nitrogens is 1. The lowest BCUT2D eigenvalue weighted by Gasteiger charge is -2.31. The van der Waals surface area contributed by atoms with Crippen LogP contribution in [0.15, 0.2) is 85.5 Å². The molecule has 0 aliphatic rings. The van der Waals surface area contributed by atoms with Crippen LogP contribution in [0.4, 0.5) is 21.9 Å². The van der Waals surface area contributed by atoms with Crippen LogP contribution in [-0.4, -0.2) is 49.3 Å². The summed E-state index contributed by atoms with van der Waals surface area (Å²) < 4.78 is 1.89. The summed E-state index contributed by atoms with van der Waals surface area (Å²) in [4.78, 5) is 19.9. The van der Waals surface area contributed by atoms with Gasteiger partial charge in [0.15, 0.2) is 5.82 Å². The maximum Gasteiger partial charge on any atom is 0.323 e. The Labute approximate surface area is 239 Å². The van der Waals surface area contributed by atoms with Gasteiger partial charge in [-0.05, 0) is 63.7 Å². The lowest BCUT2D eigenvalue weighted by Crippen LogP contribution is -2.32. The second-order valence-electron chi connectivity index (χ2n) is 10.8. The van der Waals surface area contributed by atoms with E-state index in [4.69, 9.17) is 0 Å². The van der Waals surface area contributed by atoms with Gasteiger partial charge in [-0.2, -0.15) is 0 Å². The van der Waals surface area contributed by atoms with Crippen molar-refractivity contribution in [3.05, 3.63) is 85.5 Å². The number of rotatable bonds is 10. The third-order valence-corrected chi connectivity index (χ3v) is 6.50. The van der Waals surface area contributed by atoms with Gasteiger partial charge in [0.25, 0.3) is 0 Å². The smallest absolute Gasteiger partial charge is 0.323 e. The van der Waals surface area contributed by atoms with Crippen molar-refractivity contribution in [2.45, 2.75) is 27.7 Å². The number of carbonyl (C=O) groups excluding carboxylic acids is 1. The Balaban J connectivity index is 1.50. The molecule has 0 bridgehead atoms. The summed E-state index contributed by atoms with van der Waals surface area (Å²) in [6.07, 6.45) is 5.31. The number of amides is 2. The van der Waals surface area contributed by atoms with E-state index in [0.29, 0.717) is 23.3 Å².